The maximum atomic E-state index is 13.8. The van der Waals surface area contributed by atoms with Crippen LogP contribution in [-0.2, 0) is 6.42 Å². The maximum absolute atomic E-state index is 13.8. The highest BCUT2D eigenvalue weighted by Gasteiger charge is 2.31. The Labute approximate surface area is 201 Å². The van der Waals surface area contributed by atoms with Crippen LogP contribution in [0.2, 0.25) is 5.02 Å². The average molecular weight is 492 g/mol. The van der Waals surface area contributed by atoms with Gasteiger partial charge in [-0.2, -0.15) is 0 Å². The number of hydrogen-bond acceptors (Lipinski definition) is 5. The second-order valence-corrected chi connectivity index (χ2v) is 9.61. The lowest BCUT2D eigenvalue weighted by atomic mass is 10.0. The molecule has 3 heterocycles. The van der Waals surface area contributed by atoms with Gasteiger partial charge in [0.15, 0.2) is 11.3 Å². The Morgan fingerprint density at radius 1 is 1.06 bits per heavy atom. The molecule has 0 spiro atoms. The molecule has 6 rings (SSSR count). The third-order valence-corrected chi connectivity index (χ3v) is 7.38. The number of nitrogens with zero attached hydrogens (tertiary/aromatic N) is 1. The highest BCUT2D eigenvalue weighted by molar-refractivity contribution is 7.99. The lowest BCUT2D eigenvalue weighted by Crippen LogP contribution is -2.24. The SMILES string of the molecule is O=c1oc2c(c(O)c1Sc1cccc(Cl)c1)c(=O)n1c3c(cccc23)CC1c1ccc(F)cc1. The van der Waals surface area contributed by atoms with Crippen molar-refractivity contribution in [1.29, 1.82) is 0 Å². The molecule has 0 fully saturated rings. The number of rotatable bonds is 3. The Balaban J connectivity index is 1.64. The van der Waals surface area contributed by atoms with E-state index in [2.05, 4.69) is 0 Å². The lowest BCUT2D eigenvalue weighted by molar-refractivity contribution is 0.446. The first-order valence-corrected chi connectivity index (χ1v) is 11.7. The van der Waals surface area contributed by atoms with Gasteiger partial charge >= 0.3 is 5.63 Å². The molecule has 5 aromatic rings. The van der Waals surface area contributed by atoms with E-state index in [1.165, 1.54) is 12.1 Å². The second-order valence-electron chi connectivity index (χ2n) is 8.09. The topological polar surface area (TPSA) is 72.4 Å². The minimum absolute atomic E-state index is 0.0517. The van der Waals surface area contributed by atoms with Gasteiger partial charge in [0.05, 0.1) is 11.6 Å². The van der Waals surface area contributed by atoms with E-state index in [-0.39, 0.29) is 27.7 Å². The van der Waals surface area contributed by atoms with Crippen molar-refractivity contribution in [3.63, 3.8) is 0 Å². The van der Waals surface area contributed by atoms with Gasteiger partial charge in [0.2, 0.25) is 0 Å². The maximum Gasteiger partial charge on any atom is 0.354 e. The van der Waals surface area contributed by atoms with Crippen LogP contribution >= 0.6 is 23.4 Å². The number of fused-ring (bicyclic) bond motifs is 2. The zero-order valence-electron chi connectivity index (χ0n) is 17.4. The number of benzene rings is 3. The Bertz CT molecular complexity index is 1740. The lowest BCUT2D eigenvalue weighted by Gasteiger charge is -2.17. The van der Waals surface area contributed by atoms with Crippen LogP contribution in [0.4, 0.5) is 4.39 Å². The summed E-state index contributed by atoms with van der Waals surface area (Å²) in [5, 5.41) is 12.1. The first kappa shape index (κ1) is 21.0. The second kappa shape index (κ2) is 7.75. The van der Waals surface area contributed by atoms with Crippen LogP contribution in [0.25, 0.3) is 21.9 Å². The smallest absolute Gasteiger partial charge is 0.354 e. The summed E-state index contributed by atoms with van der Waals surface area (Å²) in [5.41, 5.74) is 1.16. The molecule has 34 heavy (non-hydrogen) atoms. The predicted octanol–water partition coefficient (Wildman–Crippen LogP) is 5.90. The van der Waals surface area contributed by atoms with Gasteiger partial charge in [-0.1, -0.05) is 53.7 Å². The largest absolute Gasteiger partial charge is 0.505 e. The average Bonchev–Trinajstić information content (AvgIpc) is 3.21. The standard InChI is InChI=1S/C26H15ClFNO4S/c27-15-4-2-5-17(12-15)34-24-22(30)20-23(33-26(24)32)18-6-1-3-14-11-19(29(21(14)18)25(20)31)13-7-9-16(28)10-8-13/h1-10,12,19,30H,11H2. The van der Waals surface area contributed by atoms with Crippen LogP contribution in [0.1, 0.15) is 17.2 Å². The van der Waals surface area contributed by atoms with Crippen molar-refractivity contribution in [1.82, 2.24) is 4.57 Å². The fourth-order valence-electron chi connectivity index (χ4n) is 4.63. The third kappa shape index (κ3) is 3.15. The summed E-state index contributed by atoms with van der Waals surface area (Å²) in [6.07, 6.45) is 0.518. The Hall–Kier alpha value is -3.55. The molecule has 0 saturated carbocycles. The van der Waals surface area contributed by atoms with E-state index in [0.717, 1.165) is 22.9 Å². The molecule has 1 unspecified atom stereocenters. The van der Waals surface area contributed by atoms with Crippen molar-refractivity contribution in [3.8, 4) is 5.75 Å². The zero-order valence-corrected chi connectivity index (χ0v) is 19.0. The van der Waals surface area contributed by atoms with Crippen molar-refractivity contribution >= 4 is 45.2 Å². The summed E-state index contributed by atoms with van der Waals surface area (Å²) in [7, 11) is 0. The van der Waals surface area contributed by atoms with E-state index in [1.807, 2.05) is 12.1 Å². The number of hydrogen-bond donors (Lipinski definition) is 1. The van der Waals surface area contributed by atoms with Crippen molar-refractivity contribution in [3.05, 3.63) is 109 Å². The first-order valence-electron chi connectivity index (χ1n) is 10.5. The van der Waals surface area contributed by atoms with E-state index >= 15 is 0 Å². The first-order chi connectivity index (χ1) is 16.4. The number of para-hydroxylation sites is 1. The van der Waals surface area contributed by atoms with E-state index in [0.29, 0.717) is 27.2 Å². The van der Waals surface area contributed by atoms with E-state index in [4.69, 9.17) is 16.0 Å². The molecule has 3 aromatic carbocycles. The fourth-order valence-corrected chi connectivity index (χ4v) is 5.78. The third-order valence-electron chi connectivity index (χ3n) is 6.09. The Morgan fingerprint density at radius 2 is 1.82 bits per heavy atom. The number of pyridine rings is 1. The molecule has 1 atom stereocenters. The minimum Gasteiger partial charge on any atom is -0.505 e. The van der Waals surface area contributed by atoms with Gasteiger partial charge in [0, 0.05) is 15.3 Å². The molecule has 2 aromatic heterocycles. The van der Waals surface area contributed by atoms with Crippen LogP contribution in [0.5, 0.6) is 5.75 Å². The van der Waals surface area contributed by atoms with Gasteiger partial charge in [0.25, 0.3) is 5.56 Å². The van der Waals surface area contributed by atoms with Crippen molar-refractivity contribution < 1.29 is 13.9 Å². The van der Waals surface area contributed by atoms with Crippen LogP contribution < -0.4 is 11.2 Å². The van der Waals surface area contributed by atoms with E-state index in [1.54, 1.807) is 47.0 Å². The van der Waals surface area contributed by atoms with Gasteiger partial charge in [-0.15, -0.1) is 0 Å². The zero-order chi connectivity index (χ0) is 23.6. The molecule has 0 amide bonds. The van der Waals surface area contributed by atoms with Crippen LogP contribution in [0, 0.1) is 5.82 Å². The summed E-state index contributed by atoms with van der Waals surface area (Å²) in [4.78, 5) is 27.2. The summed E-state index contributed by atoms with van der Waals surface area (Å²) >= 11 is 7.03. The van der Waals surface area contributed by atoms with Crippen LogP contribution in [-0.4, -0.2) is 9.67 Å². The molecule has 0 aliphatic carbocycles. The van der Waals surface area contributed by atoms with Gasteiger partial charge in [-0.3, -0.25) is 9.36 Å². The molecule has 1 aliphatic rings. The van der Waals surface area contributed by atoms with Crippen LogP contribution in [0.3, 0.4) is 0 Å². The molecular weight excluding hydrogens is 477 g/mol. The summed E-state index contributed by atoms with van der Waals surface area (Å²) in [6, 6.07) is 17.9. The highest BCUT2D eigenvalue weighted by Crippen LogP contribution is 2.41. The van der Waals surface area contributed by atoms with Crippen molar-refractivity contribution in [2.24, 2.45) is 0 Å². The molecule has 5 nitrogen and oxygen atoms in total. The van der Waals surface area contributed by atoms with Gasteiger partial charge < -0.3 is 9.52 Å². The number of halogens is 2. The molecule has 0 radical (unpaired) electrons. The highest BCUT2D eigenvalue weighted by atomic mass is 35.5. The molecular formula is C26H15ClFNO4S. The van der Waals surface area contributed by atoms with Crippen molar-refractivity contribution in [2.45, 2.75) is 22.3 Å². The Kier molecular flexibility index (Phi) is 4.79. The summed E-state index contributed by atoms with van der Waals surface area (Å²) in [5.74, 6) is -0.792. The number of aromatic hydroxyl groups is 1. The van der Waals surface area contributed by atoms with E-state index in [9.17, 15) is 19.1 Å². The fraction of sp³-hybridized carbons (Fsp3) is 0.0769. The van der Waals surface area contributed by atoms with Crippen molar-refractivity contribution in [2.75, 3.05) is 0 Å². The van der Waals surface area contributed by atoms with Crippen LogP contribution in [0.15, 0.2) is 90.5 Å². The molecule has 8 heteroatoms. The minimum atomic E-state index is -0.742. The summed E-state index contributed by atoms with van der Waals surface area (Å²) < 4.78 is 20.8. The predicted molar refractivity (Wildman–Crippen MR) is 130 cm³/mol. The quantitative estimate of drug-likeness (QED) is 0.318. The molecule has 168 valence electrons. The molecule has 1 N–H and O–H groups in total. The molecule has 1 aliphatic heterocycles. The van der Waals surface area contributed by atoms with E-state index < -0.39 is 16.9 Å². The van der Waals surface area contributed by atoms with Gasteiger partial charge in [-0.05, 0) is 53.9 Å². The molecule has 0 bridgehead atoms. The van der Waals surface area contributed by atoms with Gasteiger partial charge in [0.1, 0.15) is 16.1 Å². The van der Waals surface area contributed by atoms with Gasteiger partial charge in [-0.25, -0.2) is 9.18 Å². The Morgan fingerprint density at radius 3 is 2.59 bits per heavy atom. The molecule has 0 saturated heterocycles. The monoisotopic (exact) mass is 491 g/mol. The normalized spacial score (nSPS) is 14.8. The number of aromatic nitrogens is 1. The summed E-state index contributed by atoms with van der Waals surface area (Å²) in [6.45, 7) is 0.